The van der Waals surface area contributed by atoms with Crippen LogP contribution in [-0.2, 0) is 6.54 Å². The number of benzene rings is 1. The lowest BCUT2D eigenvalue weighted by molar-refractivity contribution is 0.677. The van der Waals surface area contributed by atoms with Gasteiger partial charge in [0.1, 0.15) is 0 Å². The van der Waals surface area contributed by atoms with Crippen LogP contribution >= 0.6 is 11.9 Å². The molecular weight excluding hydrogens is 270 g/mol. The molecule has 2 heterocycles. The van der Waals surface area contributed by atoms with Gasteiger partial charge in [0.2, 0.25) is 0 Å². The summed E-state index contributed by atoms with van der Waals surface area (Å²) in [4.78, 5) is 5.42. The van der Waals surface area contributed by atoms with E-state index in [-0.39, 0.29) is 0 Å². The maximum absolute atomic E-state index is 5.52. The van der Waals surface area contributed by atoms with E-state index in [2.05, 4.69) is 22.3 Å². The molecule has 0 spiro atoms. The van der Waals surface area contributed by atoms with E-state index in [9.17, 15) is 0 Å². The van der Waals surface area contributed by atoms with Gasteiger partial charge in [-0.15, -0.1) is 0 Å². The summed E-state index contributed by atoms with van der Waals surface area (Å²) in [5, 5.41) is 14.3. The molecule has 6 heteroatoms. The lowest BCUT2D eigenvalue weighted by Gasteiger charge is -2.08. The number of nitrogens with two attached hydrogens (primary N) is 1. The molecule has 3 rings (SSSR count). The van der Waals surface area contributed by atoms with Gasteiger partial charge < -0.3 is 5.32 Å². The third-order valence-corrected chi connectivity index (χ3v) is 3.65. The number of fused-ring (bicyclic) bond motifs is 1. The molecule has 0 fully saturated rings. The number of rotatable bonds is 4. The molecule has 20 heavy (non-hydrogen) atoms. The molecule has 0 atom stereocenters. The van der Waals surface area contributed by atoms with Crippen molar-refractivity contribution < 1.29 is 0 Å². The Morgan fingerprint density at radius 3 is 2.75 bits per heavy atom. The van der Waals surface area contributed by atoms with E-state index in [1.54, 1.807) is 6.20 Å². The van der Waals surface area contributed by atoms with Gasteiger partial charge in [0.05, 0.1) is 17.3 Å². The smallest absolute Gasteiger partial charge is 0.159 e. The lowest BCUT2D eigenvalue weighted by atomic mass is 10.2. The minimum atomic E-state index is 0.808. The average Bonchev–Trinajstić information content (AvgIpc) is 2.92. The van der Waals surface area contributed by atoms with E-state index < -0.39 is 0 Å². The molecular formula is C14H15N5S. The number of hydrogen-bond acceptors (Lipinski definition) is 5. The molecule has 3 N–H and O–H groups in total. The first-order valence-electron chi connectivity index (χ1n) is 6.36. The second-order valence-corrected chi connectivity index (χ2v) is 5.03. The van der Waals surface area contributed by atoms with Crippen LogP contribution in [0, 0.1) is 0 Å². The van der Waals surface area contributed by atoms with Crippen LogP contribution in [0.1, 0.15) is 6.92 Å². The van der Waals surface area contributed by atoms with E-state index in [0.717, 1.165) is 33.8 Å². The van der Waals surface area contributed by atoms with Gasteiger partial charge in [-0.3, -0.25) is 5.14 Å². The molecule has 0 saturated carbocycles. The summed E-state index contributed by atoms with van der Waals surface area (Å²) in [6, 6.07) is 9.94. The minimum absolute atomic E-state index is 0.808. The zero-order chi connectivity index (χ0) is 13.9. The number of anilines is 2. The van der Waals surface area contributed by atoms with Crippen molar-refractivity contribution in [2.24, 2.45) is 5.14 Å². The molecule has 0 aliphatic rings. The number of pyridine rings is 1. The maximum Gasteiger partial charge on any atom is 0.159 e. The van der Waals surface area contributed by atoms with Gasteiger partial charge >= 0.3 is 0 Å². The highest BCUT2D eigenvalue weighted by atomic mass is 32.2. The molecule has 0 saturated heterocycles. The summed E-state index contributed by atoms with van der Waals surface area (Å²) in [7, 11) is 0. The van der Waals surface area contributed by atoms with E-state index in [0.29, 0.717) is 0 Å². The first-order valence-corrected chi connectivity index (χ1v) is 7.24. The maximum atomic E-state index is 5.52. The normalized spacial score (nSPS) is 10.9. The predicted octanol–water partition coefficient (Wildman–Crippen LogP) is 3.16. The quantitative estimate of drug-likeness (QED) is 0.721. The van der Waals surface area contributed by atoms with Crippen molar-refractivity contribution in [3.8, 4) is 0 Å². The number of aromatic nitrogens is 3. The second-order valence-electron chi connectivity index (χ2n) is 4.32. The first-order chi connectivity index (χ1) is 9.81. The van der Waals surface area contributed by atoms with Crippen molar-refractivity contribution in [1.29, 1.82) is 0 Å². The summed E-state index contributed by atoms with van der Waals surface area (Å²) in [6.45, 7) is 2.86. The molecule has 0 aliphatic heterocycles. The first kappa shape index (κ1) is 13.0. The third kappa shape index (κ3) is 2.35. The molecule has 1 aromatic carbocycles. The minimum Gasteiger partial charge on any atom is -0.355 e. The Balaban J connectivity index is 1.95. The van der Waals surface area contributed by atoms with Crippen LogP contribution in [0.15, 0.2) is 47.6 Å². The van der Waals surface area contributed by atoms with Gasteiger partial charge in [0.25, 0.3) is 0 Å². The lowest BCUT2D eigenvalue weighted by Crippen LogP contribution is -1.97. The molecule has 0 bridgehead atoms. The van der Waals surface area contributed by atoms with Crippen molar-refractivity contribution in [1.82, 2.24) is 14.8 Å². The standard InChI is InChI=1S/C14H15N5S/c1-2-19-14-12(9-17-19)13(7-8-16-14)18-10-3-5-11(20-15)6-4-10/h3-9H,2,15H2,1H3,(H,16,18). The summed E-state index contributed by atoms with van der Waals surface area (Å²) in [6.07, 6.45) is 3.64. The summed E-state index contributed by atoms with van der Waals surface area (Å²) < 4.78 is 1.88. The van der Waals surface area contributed by atoms with Gasteiger partial charge in [-0.05, 0) is 49.2 Å². The van der Waals surface area contributed by atoms with Crippen molar-refractivity contribution in [2.75, 3.05) is 5.32 Å². The zero-order valence-electron chi connectivity index (χ0n) is 11.1. The van der Waals surface area contributed by atoms with E-state index in [1.807, 2.05) is 41.2 Å². The molecule has 102 valence electrons. The Labute approximate surface area is 121 Å². The van der Waals surface area contributed by atoms with E-state index in [1.165, 1.54) is 11.9 Å². The van der Waals surface area contributed by atoms with Gasteiger partial charge in [-0.25, -0.2) is 9.67 Å². The molecule has 2 aromatic heterocycles. The second kappa shape index (κ2) is 5.52. The number of aryl methyl sites for hydroxylation is 1. The van der Waals surface area contributed by atoms with Gasteiger partial charge in [-0.2, -0.15) is 5.10 Å². The highest BCUT2D eigenvalue weighted by Crippen LogP contribution is 2.25. The summed E-state index contributed by atoms with van der Waals surface area (Å²) in [5.41, 5.74) is 2.91. The van der Waals surface area contributed by atoms with E-state index >= 15 is 0 Å². The van der Waals surface area contributed by atoms with Crippen LogP contribution in [0.5, 0.6) is 0 Å². The van der Waals surface area contributed by atoms with Crippen LogP contribution in [0.2, 0.25) is 0 Å². The van der Waals surface area contributed by atoms with Crippen molar-refractivity contribution in [3.05, 3.63) is 42.7 Å². The van der Waals surface area contributed by atoms with Crippen LogP contribution in [0.4, 0.5) is 11.4 Å². The Morgan fingerprint density at radius 2 is 2.05 bits per heavy atom. The summed E-state index contributed by atoms with van der Waals surface area (Å²) in [5.74, 6) is 0. The molecule has 0 radical (unpaired) electrons. The average molecular weight is 285 g/mol. The fraction of sp³-hybridized carbons (Fsp3) is 0.143. The Hall–Kier alpha value is -2.05. The SMILES string of the molecule is CCn1ncc2c(Nc3ccc(SN)cc3)ccnc21. The monoisotopic (exact) mass is 285 g/mol. The largest absolute Gasteiger partial charge is 0.355 e. The molecule has 0 unspecified atom stereocenters. The number of nitrogens with zero attached hydrogens (tertiary/aromatic N) is 3. The fourth-order valence-corrected chi connectivity index (χ4v) is 2.38. The van der Waals surface area contributed by atoms with Crippen LogP contribution < -0.4 is 10.5 Å². The Bertz CT molecular complexity index is 720. The fourth-order valence-electron chi connectivity index (χ4n) is 2.09. The zero-order valence-corrected chi connectivity index (χ0v) is 11.9. The van der Waals surface area contributed by atoms with Crippen molar-refractivity contribution >= 4 is 34.4 Å². The highest BCUT2D eigenvalue weighted by Gasteiger charge is 2.07. The molecule has 3 aromatic rings. The van der Waals surface area contributed by atoms with Gasteiger partial charge in [0.15, 0.2) is 5.65 Å². The topological polar surface area (TPSA) is 68.8 Å². The van der Waals surface area contributed by atoms with Crippen LogP contribution in [0.25, 0.3) is 11.0 Å². The Morgan fingerprint density at radius 1 is 1.25 bits per heavy atom. The molecule has 0 amide bonds. The summed E-state index contributed by atoms with van der Waals surface area (Å²) >= 11 is 1.24. The highest BCUT2D eigenvalue weighted by molar-refractivity contribution is 7.97. The Kier molecular flexibility index (Phi) is 3.58. The van der Waals surface area contributed by atoms with Crippen molar-refractivity contribution in [2.45, 2.75) is 18.4 Å². The number of hydrogen-bond donors (Lipinski definition) is 2. The van der Waals surface area contributed by atoms with Crippen LogP contribution in [0.3, 0.4) is 0 Å². The van der Waals surface area contributed by atoms with Gasteiger partial charge in [-0.1, -0.05) is 0 Å². The van der Waals surface area contributed by atoms with Crippen LogP contribution in [-0.4, -0.2) is 14.8 Å². The molecule has 0 aliphatic carbocycles. The molecule has 5 nitrogen and oxygen atoms in total. The number of nitrogens with one attached hydrogen (secondary N) is 1. The van der Waals surface area contributed by atoms with E-state index in [4.69, 9.17) is 5.14 Å². The third-order valence-electron chi connectivity index (χ3n) is 3.11. The van der Waals surface area contributed by atoms with Crippen molar-refractivity contribution in [3.63, 3.8) is 0 Å². The predicted molar refractivity (Wildman–Crippen MR) is 83.0 cm³/mol. The van der Waals surface area contributed by atoms with Gasteiger partial charge in [0, 0.05) is 23.3 Å².